The Morgan fingerprint density at radius 1 is 1.45 bits per heavy atom. The smallest absolute Gasteiger partial charge is 0.306 e. The zero-order valence-corrected chi connectivity index (χ0v) is 12.0. The Morgan fingerprint density at radius 3 is 3.15 bits per heavy atom. The Kier molecular flexibility index (Phi) is 4.28. The summed E-state index contributed by atoms with van der Waals surface area (Å²) in [5, 5.41) is 0.986. The zero-order valence-electron chi connectivity index (χ0n) is 11.2. The molecule has 1 unspecified atom stereocenters. The molecule has 1 saturated heterocycles. The molecule has 0 saturated carbocycles. The number of para-hydroxylation sites is 1. The van der Waals surface area contributed by atoms with Crippen LogP contribution in [0.15, 0.2) is 24.3 Å². The highest BCUT2D eigenvalue weighted by atomic mass is 32.1. The fourth-order valence-corrected chi connectivity index (χ4v) is 3.24. The first-order chi connectivity index (χ1) is 9.81. The molecule has 1 aliphatic heterocycles. The number of benzene rings is 1. The minimum Gasteiger partial charge on any atom is -0.463 e. The molecule has 4 nitrogen and oxygen atoms in total. The van der Waals surface area contributed by atoms with Gasteiger partial charge in [0.2, 0.25) is 0 Å². The highest BCUT2D eigenvalue weighted by Gasteiger charge is 2.17. The third-order valence-corrected chi connectivity index (χ3v) is 4.43. The number of ether oxygens (including phenoxy) is 2. The molecule has 1 aromatic heterocycles. The number of thiazole rings is 1. The molecule has 1 fully saturated rings. The summed E-state index contributed by atoms with van der Waals surface area (Å²) in [6, 6.07) is 8.01. The number of carbonyl (C=O) groups excluding carboxylic acids is 1. The SMILES string of the molecule is O=C(CCc1nc2ccccc2s1)OCC1CCCO1. The Bertz CT molecular complexity index is 557. The van der Waals surface area contributed by atoms with Crippen molar-refractivity contribution in [3.63, 3.8) is 0 Å². The second-order valence-electron chi connectivity index (χ2n) is 4.89. The highest BCUT2D eigenvalue weighted by molar-refractivity contribution is 7.18. The topological polar surface area (TPSA) is 48.4 Å². The van der Waals surface area contributed by atoms with Crippen LogP contribution in [0.4, 0.5) is 0 Å². The van der Waals surface area contributed by atoms with E-state index in [9.17, 15) is 4.79 Å². The zero-order chi connectivity index (χ0) is 13.8. The summed E-state index contributed by atoms with van der Waals surface area (Å²) in [4.78, 5) is 16.2. The number of carbonyl (C=O) groups is 1. The van der Waals surface area contributed by atoms with Gasteiger partial charge in [-0.1, -0.05) is 12.1 Å². The van der Waals surface area contributed by atoms with Crippen molar-refractivity contribution in [3.05, 3.63) is 29.3 Å². The average Bonchev–Trinajstić information content (AvgIpc) is 3.11. The van der Waals surface area contributed by atoms with Gasteiger partial charge < -0.3 is 9.47 Å². The fraction of sp³-hybridized carbons (Fsp3) is 0.467. The first kappa shape index (κ1) is 13.5. The van der Waals surface area contributed by atoms with Crippen LogP contribution < -0.4 is 0 Å². The van der Waals surface area contributed by atoms with Gasteiger partial charge in [0.25, 0.3) is 0 Å². The Balaban J connectivity index is 1.47. The minimum absolute atomic E-state index is 0.0985. The molecule has 0 N–H and O–H groups in total. The summed E-state index contributed by atoms with van der Waals surface area (Å²) in [5.41, 5.74) is 1.00. The van der Waals surface area contributed by atoms with Gasteiger partial charge in [0.05, 0.1) is 27.7 Å². The van der Waals surface area contributed by atoms with Crippen molar-refractivity contribution in [1.29, 1.82) is 0 Å². The van der Waals surface area contributed by atoms with Crippen LogP contribution in [0.2, 0.25) is 0 Å². The monoisotopic (exact) mass is 291 g/mol. The van der Waals surface area contributed by atoms with Gasteiger partial charge in [-0.15, -0.1) is 11.3 Å². The first-order valence-corrected chi connectivity index (χ1v) is 7.74. The second-order valence-corrected chi connectivity index (χ2v) is 6.01. The maximum atomic E-state index is 11.7. The Hall–Kier alpha value is -1.46. The van der Waals surface area contributed by atoms with Crippen molar-refractivity contribution >= 4 is 27.5 Å². The van der Waals surface area contributed by atoms with Gasteiger partial charge in [-0.3, -0.25) is 4.79 Å². The van der Waals surface area contributed by atoms with Gasteiger partial charge in [0, 0.05) is 13.0 Å². The van der Waals surface area contributed by atoms with E-state index in [1.165, 1.54) is 0 Å². The number of rotatable bonds is 5. The summed E-state index contributed by atoms with van der Waals surface area (Å²) >= 11 is 1.64. The molecule has 2 heterocycles. The number of hydrogen-bond donors (Lipinski definition) is 0. The summed E-state index contributed by atoms with van der Waals surface area (Å²) in [6.45, 7) is 1.17. The molecule has 0 radical (unpaired) electrons. The van der Waals surface area contributed by atoms with Crippen LogP contribution in [-0.2, 0) is 20.7 Å². The molecule has 20 heavy (non-hydrogen) atoms. The number of hydrogen-bond acceptors (Lipinski definition) is 5. The molecule has 1 atom stereocenters. The van der Waals surface area contributed by atoms with Gasteiger partial charge in [-0.2, -0.15) is 0 Å². The van der Waals surface area contributed by atoms with E-state index in [-0.39, 0.29) is 12.1 Å². The number of esters is 1. The van der Waals surface area contributed by atoms with Crippen LogP contribution in [0.3, 0.4) is 0 Å². The molecule has 1 aliphatic rings. The van der Waals surface area contributed by atoms with Gasteiger partial charge in [-0.25, -0.2) is 4.98 Å². The molecular formula is C15H17NO3S. The van der Waals surface area contributed by atoms with Gasteiger partial charge in [-0.05, 0) is 25.0 Å². The standard InChI is InChI=1S/C15H17NO3S/c17-15(19-10-11-4-3-9-18-11)8-7-14-16-12-5-1-2-6-13(12)20-14/h1-2,5-6,11H,3-4,7-10H2. The van der Waals surface area contributed by atoms with E-state index < -0.39 is 0 Å². The largest absolute Gasteiger partial charge is 0.463 e. The van der Waals surface area contributed by atoms with Crippen LogP contribution in [0, 0.1) is 0 Å². The van der Waals surface area contributed by atoms with Gasteiger partial charge in [0.15, 0.2) is 0 Å². The first-order valence-electron chi connectivity index (χ1n) is 6.93. The Morgan fingerprint density at radius 2 is 2.35 bits per heavy atom. The van der Waals surface area contributed by atoms with Crippen molar-refractivity contribution in [2.24, 2.45) is 0 Å². The third-order valence-electron chi connectivity index (χ3n) is 3.34. The molecule has 1 aromatic carbocycles. The lowest BCUT2D eigenvalue weighted by atomic mass is 10.2. The van der Waals surface area contributed by atoms with Crippen LogP contribution in [0.1, 0.15) is 24.3 Å². The molecule has 0 amide bonds. The van der Waals surface area contributed by atoms with Crippen LogP contribution in [0.5, 0.6) is 0 Å². The lowest BCUT2D eigenvalue weighted by Crippen LogP contribution is -2.17. The molecule has 0 spiro atoms. The summed E-state index contributed by atoms with van der Waals surface area (Å²) < 4.78 is 11.8. The molecule has 106 valence electrons. The number of nitrogens with zero attached hydrogens (tertiary/aromatic N) is 1. The van der Waals surface area contributed by atoms with Crippen LogP contribution in [0.25, 0.3) is 10.2 Å². The maximum Gasteiger partial charge on any atom is 0.306 e. The number of aryl methyl sites for hydroxylation is 1. The van der Waals surface area contributed by atoms with E-state index in [1.54, 1.807) is 11.3 Å². The summed E-state index contributed by atoms with van der Waals surface area (Å²) in [7, 11) is 0. The Labute approximate surface area is 121 Å². The normalized spacial score (nSPS) is 18.5. The van der Waals surface area contributed by atoms with E-state index >= 15 is 0 Å². The molecule has 5 heteroatoms. The van der Waals surface area contributed by atoms with Crippen molar-refractivity contribution < 1.29 is 14.3 Å². The van der Waals surface area contributed by atoms with Crippen molar-refractivity contribution in [3.8, 4) is 0 Å². The van der Waals surface area contributed by atoms with Crippen molar-refractivity contribution in [1.82, 2.24) is 4.98 Å². The van der Waals surface area contributed by atoms with E-state index in [1.807, 2.05) is 24.3 Å². The van der Waals surface area contributed by atoms with Crippen LogP contribution >= 0.6 is 11.3 Å². The quantitative estimate of drug-likeness (QED) is 0.795. The number of fused-ring (bicyclic) bond motifs is 1. The minimum atomic E-state index is -0.167. The predicted molar refractivity (Wildman–Crippen MR) is 77.9 cm³/mol. The van der Waals surface area contributed by atoms with E-state index in [4.69, 9.17) is 9.47 Å². The van der Waals surface area contributed by atoms with Gasteiger partial charge >= 0.3 is 5.97 Å². The fourth-order valence-electron chi connectivity index (χ4n) is 2.27. The maximum absolute atomic E-state index is 11.7. The summed E-state index contributed by atoms with van der Waals surface area (Å²) in [6.07, 6.45) is 3.18. The average molecular weight is 291 g/mol. The van der Waals surface area contributed by atoms with Crippen molar-refractivity contribution in [2.45, 2.75) is 31.8 Å². The molecule has 2 aromatic rings. The van der Waals surface area contributed by atoms with E-state index in [2.05, 4.69) is 4.98 Å². The number of aromatic nitrogens is 1. The van der Waals surface area contributed by atoms with Crippen molar-refractivity contribution in [2.75, 3.05) is 13.2 Å². The van der Waals surface area contributed by atoms with Crippen LogP contribution in [-0.4, -0.2) is 30.3 Å². The second kappa shape index (κ2) is 6.33. The molecular weight excluding hydrogens is 274 g/mol. The molecule has 0 bridgehead atoms. The third kappa shape index (κ3) is 3.35. The van der Waals surface area contributed by atoms with Gasteiger partial charge in [0.1, 0.15) is 6.61 Å². The molecule has 3 rings (SSSR count). The lowest BCUT2D eigenvalue weighted by molar-refractivity contribution is -0.146. The van der Waals surface area contributed by atoms with E-state index in [0.717, 1.165) is 34.7 Å². The summed E-state index contributed by atoms with van der Waals surface area (Å²) in [5.74, 6) is -0.167. The lowest BCUT2D eigenvalue weighted by Gasteiger charge is -2.09. The van der Waals surface area contributed by atoms with E-state index in [0.29, 0.717) is 19.4 Å². The predicted octanol–water partition coefficient (Wildman–Crippen LogP) is 2.95. The molecule has 0 aliphatic carbocycles. The highest BCUT2D eigenvalue weighted by Crippen LogP contribution is 2.22.